The highest BCUT2D eigenvalue weighted by Gasteiger charge is 2.19. The number of fused-ring (bicyclic) bond motifs is 3. The van der Waals surface area contributed by atoms with Crippen molar-refractivity contribution in [2.24, 2.45) is 0 Å². The molecule has 2 heterocycles. The first-order valence-electron chi connectivity index (χ1n) is 6.27. The maximum atomic E-state index is 5.57. The number of aromatic amines is 1. The normalized spacial score (nSPS) is 19.3. The summed E-state index contributed by atoms with van der Waals surface area (Å²) in [5, 5.41) is 4.80. The van der Waals surface area contributed by atoms with Crippen LogP contribution in [0.1, 0.15) is 25.1 Å². The smallest absolute Gasteiger partial charge is 0.120 e. The van der Waals surface area contributed by atoms with Gasteiger partial charge < -0.3 is 15.0 Å². The van der Waals surface area contributed by atoms with Gasteiger partial charge in [0.2, 0.25) is 0 Å². The lowest BCUT2D eigenvalue weighted by molar-refractivity contribution is 0.340. The van der Waals surface area contributed by atoms with E-state index in [1.807, 2.05) is 13.0 Å². The zero-order chi connectivity index (χ0) is 11.8. The van der Waals surface area contributed by atoms with Crippen LogP contribution in [0.4, 0.5) is 0 Å². The lowest BCUT2D eigenvalue weighted by Crippen LogP contribution is -2.32. The van der Waals surface area contributed by atoms with Gasteiger partial charge in [-0.3, -0.25) is 0 Å². The van der Waals surface area contributed by atoms with Gasteiger partial charge >= 0.3 is 0 Å². The summed E-state index contributed by atoms with van der Waals surface area (Å²) in [6, 6.07) is 6.86. The maximum Gasteiger partial charge on any atom is 0.120 e. The molecule has 0 aliphatic carbocycles. The molecule has 3 heteroatoms. The first kappa shape index (κ1) is 10.7. The molecule has 90 valence electrons. The van der Waals surface area contributed by atoms with Crippen LogP contribution in [0.5, 0.6) is 5.75 Å². The van der Waals surface area contributed by atoms with Gasteiger partial charge in [0.05, 0.1) is 6.61 Å². The van der Waals surface area contributed by atoms with Crippen molar-refractivity contribution >= 4 is 10.9 Å². The van der Waals surface area contributed by atoms with Crippen LogP contribution in [0.15, 0.2) is 18.2 Å². The highest BCUT2D eigenvalue weighted by molar-refractivity contribution is 5.86. The highest BCUT2D eigenvalue weighted by Crippen LogP contribution is 2.29. The molecule has 1 aromatic heterocycles. The van der Waals surface area contributed by atoms with Crippen LogP contribution in [-0.2, 0) is 13.0 Å². The van der Waals surface area contributed by atoms with Gasteiger partial charge in [-0.1, -0.05) is 0 Å². The summed E-state index contributed by atoms with van der Waals surface area (Å²) in [5.74, 6) is 0.966. The van der Waals surface area contributed by atoms with Crippen LogP contribution in [0.2, 0.25) is 0 Å². The summed E-state index contributed by atoms with van der Waals surface area (Å²) >= 11 is 0. The fourth-order valence-corrected chi connectivity index (χ4v) is 2.58. The topological polar surface area (TPSA) is 37.0 Å². The van der Waals surface area contributed by atoms with Gasteiger partial charge in [-0.05, 0) is 44.0 Å². The Labute approximate surface area is 101 Å². The standard InChI is InChI=1S/C14H18N2O/c1-3-17-10-4-5-13-12(7-10)11-6-9(2)15-8-14(11)16-13/h4-5,7,9,15-16H,3,6,8H2,1-2H3. The zero-order valence-corrected chi connectivity index (χ0v) is 10.3. The Hall–Kier alpha value is -1.48. The number of rotatable bonds is 2. The van der Waals surface area contributed by atoms with E-state index in [2.05, 4.69) is 29.4 Å². The van der Waals surface area contributed by atoms with Crippen molar-refractivity contribution in [1.29, 1.82) is 0 Å². The summed E-state index contributed by atoms with van der Waals surface area (Å²) in [7, 11) is 0. The first-order valence-corrected chi connectivity index (χ1v) is 6.27. The molecule has 1 unspecified atom stereocenters. The maximum absolute atomic E-state index is 5.57. The van der Waals surface area contributed by atoms with Crippen LogP contribution >= 0.6 is 0 Å². The van der Waals surface area contributed by atoms with Crippen LogP contribution in [0.25, 0.3) is 10.9 Å². The molecule has 17 heavy (non-hydrogen) atoms. The van der Waals surface area contributed by atoms with E-state index in [1.54, 1.807) is 0 Å². The van der Waals surface area contributed by atoms with Crippen LogP contribution < -0.4 is 10.1 Å². The lowest BCUT2D eigenvalue weighted by atomic mass is 9.99. The van der Waals surface area contributed by atoms with Crippen LogP contribution in [0, 0.1) is 0 Å². The predicted molar refractivity (Wildman–Crippen MR) is 69.5 cm³/mol. The van der Waals surface area contributed by atoms with Crippen LogP contribution in [-0.4, -0.2) is 17.6 Å². The van der Waals surface area contributed by atoms with Gasteiger partial charge in [0.1, 0.15) is 5.75 Å². The van der Waals surface area contributed by atoms with Crippen molar-refractivity contribution < 1.29 is 4.74 Å². The molecule has 1 aromatic carbocycles. The van der Waals surface area contributed by atoms with E-state index in [0.717, 1.165) is 25.3 Å². The van der Waals surface area contributed by atoms with Crippen molar-refractivity contribution in [2.75, 3.05) is 6.61 Å². The lowest BCUT2D eigenvalue weighted by Gasteiger charge is -2.20. The molecule has 3 rings (SSSR count). The molecule has 0 saturated heterocycles. The van der Waals surface area contributed by atoms with E-state index in [0.29, 0.717) is 6.04 Å². The van der Waals surface area contributed by atoms with Crippen molar-refractivity contribution in [2.45, 2.75) is 32.9 Å². The van der Waals surface area contributed by atoms with Gasteiger partial charge in [-0.15, -0.1) is 0 Å². The van der Waals surface area contributed by atoms with E-state index < -0.39 is 0 Å². The number of hydrogen-bond donors (Lipinski definition) is 2. The minimum absolute atomic E-state index is 0.553. The molecule has 0 fully saturated rings. The van der Waals surface area contributed by atoms with E-state index in [1.165, 1.54) is 22.2 Å². The van der Waals surface area contributed by atoms with Crippen molar-refractivity contribution in [3.05, 3.63) is 29.5 Å². The number of ether oxygens (including phenoxy) is 1. The second kappa shape index (κ2) is 4.08. The number of aromatic nitrogens is 1. The van der Waals surface area contributed by atoms with Crippen molar-refractivity contribution in [3.63, 3.8) is 0 Å². The molecule has 1 aliphatic heterocycles. The Balaban J connectivity index is 2.11. The molecule has 0 amide bonds. The molecule has 1 aliphatic rings. The Morgan fingerprint density at radius 1 is 1.41 bits per heavy atom. The molecule has 1 atom stereocenters. The third-order valence-electron chi connectivity index (χ3n) is 3.41. The molecular formula is C14H18N2O. The molecule has 0 spiro atoms. The van der Waals surface area contributed by atoms with Gasteiger partial charge in [-0.2, -0.15) is 0 Å². The Bertz CT molecular complexity index is 544. The minimum atomic E-state index is 0.553. The van der Waals surface area contributed by atoms with E-state index >= 15 is 0 Å². The van der Waals surface area contributed by atoms with E-state index in [-0.39, 0.29) is 0 Å². The Kier molecular flexibility index (Phi) is 2.56. The predicted octanol–water partition coefficient (Wildman–Crippen LogP) is 2.60. The van der Waals surface area contributed by atoms with Gasteiger partial charge in [0.15, 0.2) is 0 Å². The second-order valence-corrected chi connectivity index (χ2v) is 4.71. The minimum Gasteiger partial charge on any atom is -0.494 e. The van der Waals surface area contributed by atoms with Gasteiger partial charge in [-0.25, -0.2) is 0 Å². The first-order chi connectivity index (χ1) is 8.28. The molecular weight excluding hydrogens is 212 g/mol. The Morgan fingerprint density at radius 2 is 2.29 bits per heavy atom. The van der Waals surface area contributed by atoms with Crippen molar-refractivity contribution in [1.82, 2.24) is 10.3 Å². The number of hydrogen-bond acceptors (Lipinski definition) is 2. The summed E-state index contributed by atoms with van der Waals surface area (Å²) in [5.41, 5.74) is 3.99. The summed E-state index contributed by atoms with van der Waals surface area (Å²) in [6.45, 7) is 5.90. The number of H-pyrrole nitrogens is 1. The SMILES string of the molecule is CCOc1ccc2[nH]c3c(c2c1)CC(C)NC3. The van der Waals surface area contributed by atoms with E-state index in [4.69, 9.17) is 4.74 Å². The molecule has 3 nitrogen and oxygen atoms in total. The molecule has 2 aromatic rings. The quantitative estimate of drug-likeness (QED) is 0.832. The molecule has 0 saturated carbocycles. The zero-order valence-electron chi connectivity index (χ0n) is 10.3. The highest BCUT2D eigenvalue weighted by atomic mass is 16.5. The van der Waals surface area contributed by atoms with Crippen molar-refractivity contribution in [3.8, 4) is 5.75 Å². The average molecular weight is 230 g/mol. The molecule has 0 radical (unpaired) electrons. The molecule has 0 bridgehead atoms. The van der Waals surface area contributed by atoms with Crippen LogP contribution in [0.3, 0.4) is 0 Å². The Morgan fingerprint density at radius 3 is 3.12 bits per heavy atom. The van der Waals surface area contributed by atoms with Gasteiger partial charge in [0.25, 0.3) is 0 Å². The fraction of sp³-hybridized carbons (Fsp3) is 0.429. The molecule has 2 N–H and O–H groups in total. The summed E-state index contributed by atoms with van der Waals surface area (Å²) in [6.07, 6.45) is 1.09. The van der Waals surface area contributed by atoms with Gasteiger partial charge in [0, 0.05) is 29.2 Å². The average Bonchev–Trinajstić information content (AvgIpc) is 2.67. The number of benzene rings is 1. The second-order valence-electron chi connectivity index (χ2n) is 4.71. The summed E-state index contributed by atoms with van der Waals surface area (Å²) in [4.78, 5) is 3.49. The van der Waals surface area contributed by atoms with E-state index in [9.17, 15) is 0 Å². The largest absolute Gasteiger partial charge is 0.494 e. The number of nitrogens with one attached hydrogen (secondary N) is 2. The monoisotopic (exact) mass is 230 g/mol. The fourth-order valence-electron chi connectivity index (χ4n) is 2.58. The third kappa shape index (κ3) is 1.80. The summed E-state index contributed by atoms with van der Waals surface area (Å²) < 4.78 is 5.57. The third-order valence-corrected chi connectivity index (χ3v) is 3.41.